The number of aliphatic hydroxyl groups is 2. The van der Waals surface area contributed by atoms with Crippen LogP contribution >= 0.6 is 0 Å². The van der Waals surface area contributed by atoms with Crippen molar-refractivity contribution in [1.82, 2.24) is 0 Å². The van der Waals surface area contributed by atoms with Gasteiger partial charge in [0.1, 0.15) is 0 Å². The Labute approximate surface area is 274 Å². The van der Waals surface area contributed by atoms with Crippen molar-refractivity contribution in [2.75, 3.05) is 26.4 Å². The number of benzene rings is 4. The van der Waals surface area contributed by atoms with Crippen molar-refractivity contribution < 1.29 is 59.1 Å². The van der Waals surface area contributed by atoms with Crippen LogP contribution < -0.4 is 18.9 Å². The third-order valence-electron chi connectivity index (χ3n) is 9.61. The van der Waals surface area contributed by atoms with Gasteiger partial charge in [0, 0.05) is 23.0 Å². The van der Waals surface area contributed by atoms with Crippen LogP contribution in [0.25, 0.3) is 0 Å². The highest BCUT2D eigenvalue weighted by Crippen LogP contribution is 2.53. The van der Waals surface area contributed by atoms with E-state index in [1.54, 1.807) is 24.3 Å². The van der Waals surface area contributed by atoms with E-state index in [0.717, 1.165) is 11.1 Å². The SMILES string of the molecule is OC[C@@H]1Oc2cc([C@@H]3OC[C@@H]4[C@H]3CO[C@H]4c3ccc4c(c3)O[C@@H](CO)[C@H](c3ccc(O)c(O)c3)O4)ccc2O[C@H]1c1ccc(O)c(O)c1. The van der Waals surface area contributed by atoms with Crippen LogP contribution in [0.5, 0.6) is 46.0 Å². The minimum absolute atomic E-state index is 0.0591. The first-order valence-corrected chi connectivity index (χ1v) is 15.7. The first-order valence-electron chi connectivity index (χ1n) is 15.7. The fourth-order valence-electron chi connectivity index (χ4n) is 7.16. The van der Waals surface area contributed by atoms with Crippen molar-refractivity contribution >= 4 is 0 Å². The standard InChI is InChI=1S/C36H34O12/c37-13-31-35(17-1-5-23(39)25(41)9-17)47-27-7-3-19(11-29(27)45-31)33-21-15-44-34(22(21)16-43-33)20-4-8-28-30(12-20)46-32(14-38)36(48-28)18-2-6-24(40)26(42)10-18/h1-12,21-22,31-42H,13-16H2/t21-,22-,31+,32+,33+,34+,35+,36+/m1/s1. The van der Waals surface area contributed by atoms with Crippen molar-refractivity contribution in [1.29, 1.82) is 0 Å². The summed E-state index contributed by atoms with van der Waals surface area (Å²) >= 11 is 0. The first kappa shape index (κ1) is 30.5. The van der Waals surface area contributed by atoms with E-state index in [9.17, 15) is 30.6 Å². The largest absolute Gasteiger partial charge is 0.504 e. The average Bonchev–Trinajstić information content (AvgIpc) is 3.72. The van der Waals surface area contributed by atoms with Gasteiger partial charge in [-0.1, -0.05) is 24.3 Å². The van der Waals surface area contributed by atoms with Crippen LogP contribution in [0.15, 0.2) is 72.8 Å². The Bertz CT molecular complexity index is 1710. The number of aliphatic hydroxyl groups excluding tert-OH is 2. The normalized spacial score (nSPS) is 28.6. The highest BCUT2D eigenvalue weighted by Gasteiger charge is 2.49. The Hall–Kier alpha value is -4.88. The van der Waals surface area contributed by atoms with Crippen LogP contribution in [0.2, 0.25) is 0 Å². The number of rotatable bonds is 6. The Morgan fingerprint density at radius 3 is 1.23 bits per heavy atom. The molecule has 4 heterocycles. The van der Waals surface area contributed by atoms with Crippen molar-refractivity contribution in [3.05, 3.63) is 95.1 Å². The molecule has 2 saturated heterocycles. The zero-order valence-electron chi connectivity index (χ0n) is 25.5. The van der Waals surface area contributed by atoms with Gasteiger partial charge in [-0.15, -0.1) is 0 Å². The molecule has 4 aliphatic rings. The monoisotopic (exact) mass is 658 g/mol. The van der Waals surface area contributed by atoms with E-state index in [2.05, 4.69) is 0 Å². The van der Waals surface area contributed by atoms with Crippen LogP contribution in [0.3, 0.4) is 0 Å². The van der Waals surface area contributed by atoms with Crippen molar-refractivity contribution in [2.45, 2.75) is 36.6 Å². The zero-order chi connectivity index (χ0) is 33.1. The number of aromatic hydroxyl groups is 4. The third-order valence-corrected chi connectivity index (χ3v) is 9.61. The second-order valence-electron chi connectivity index (χ2n) is 12.5. The molecule has 0 aliphatic carbocycles. The molecule has 8 rings (SSSR count). The molecular weight excluding hydrogens is 624 g/mol. The molecular formula is C36H34O12. The van der Waals surface area contributed by atoms with E-state index < -0.39 is 24.4 Å². The Kier molecular flexibility index (Phi) is 7.60. The molecule has 12 nitrogen and oxygen atoms in total. The summed E-state index contributed by atoms with van der Waals surface area (Å²) in [6, 6.07) is 19.9. The Morgan fingerprint density at radius 2 is 0.833 bits per heavy atom. The van der Waals surface area contributed by atoms with E-state index >= 15 is 0 Å². The topological polar surface area (TPSA) is 177 Å². The molecule has 0 amide bonds. The molecule has 4 aromatic rings. The predicted octanol–water partition coefficient (Wildman–Crippen LogP) is 4.33. The van der Waals surface area contributed by atoms with Gasteiger partial charge in [0.05, 0.1) is 38.6 Å². The van der Waals surface area contributed by atoms with E-state index in [1.807, 2.05) is 24.3 Å². The molecule has 48 heavy (non-hydrogen) atoms. The molecule has 8 atom stereocenters. The molecule has 0 saturated carbocycles. The lowest BCUT2D eigenvalue weighted by atomic mass is 9.84. The molecule has 2 fully saturated rings. The maximum absolute atomic E-state index is 10.1. The lowest BCUT2D eigenvalue weighted by molar-refractivity contribution is -0.0134. The average molecular weight is 659 g/mol. The number of phenols is 4. The van der Waals surface area contributed by atoms with E-state index in [0.29, 0.717) is 47.3 Å². The zero-order valence-corrected chi connectivity index (χ0v) is 25.5. The summed E-state index contributed by atoms with van der Waals surface area (Å²) in [6.45, 7) is 0.290. The third kappa shape index (κ3) is 5.17. The van der Waals surface area contributed by atoms with E-state index in [1.165, 1.54) is 24.3 Å². The Balaban J connectivity index is 0.986. The van der Waals surface area contributed by atoms with Gasteiger partial charge < -0.3 is 59.1 Å². The number of ether oxygens (including phenoxy) is 6. The van der Waals surface area contributed by atoms with Gasteiger partial charge in [-0.3, -0.25) is 0 Å². The van der Waals surface area contributed by atoms with Crippen molar-refractivity contribution in [3.63, 3.8) is 0 Å². The van der Waals surface area contributed by atoms with Gasteiger partial charge in [0.15, 0.2) is 70.4 Å². The summed E-state index contributed by atoms with van der Waals surface area (Å²) in [7, 11) is 0. The van der Waals surface area contributed by atoms with E-state index in [4.69, 9.17) is 28.4 Å². The van der Waals surface area contributed by atoms with Gasteiger partial charge in [-0.2, -0.15) is 0 Å². The van der Waals surface area contributed by atoms with Gasteiger partial charge >= 0.3 is 0 Å². The fraction of sp³-hybridized carbons (Fsp3) is 0.333. The summed E-state index contributed by atoms with van der Waals surface area (Å²) in [6.07, 6.45) is -3.38. The van der Waals surface area contributed by atoms with Gasteiger partial charge in [-0.25, -0.2) is 0 Å². The summed E-state index contributed by atoms with van der Waals surface area (Å²) in [4.78, 5) is 0. The van der Waals surface area contributed by atoms with Gasteiger partial charge in [0.25, 0.3) is 0 Å². The number of fused-ring (bicyclic) bond motifs is 3. The van der Waals surface area contributed by atoms with Gasteiger partial charge in [-0.05, 0) is 59.7 Å². The van der Waals surface area contributed by atoms with E-state index in [-0.39, 0.29) is 60.3 Å². The second-order valence-corrected chi connectivity index (χ2v) is 12.5. The van der Waals surface area contributed by atoms with Crippen LogP contribution in [-0.2, 0) is 9.47 Å². The highest BCUT2D eigenvalue weighted by atomic mass is 16.6. The van der Waals surface area contributed by atoms with Gasteiger partial charge in [0.2, 0.25) is 0 Å². The molecule has 4 aromatic carbocycles. The summed E-state index contributed by atoms with van der Waals surface area (Å²) in [5.41, 5.74) is 2.90. The second kappa shape index (κ2) is 12.0. The van der Waals surface area contributed by atoms with Crippen molar-refractivity contribution in [3.8, 4) is 46.0 Å². The maximum atomic E-state index is 10.1. The minimum Gasteiger partial charge on any atom is -0.504 e. The van der Waals surface area contributed by atoms with Crippen LogP contribution in [0, 0.1) is 11.8 Å². The molecule has 0 spiro atoms. The molecule has 6 N–H and O–H groups in total. The molecule has 12 heteroatoms. The quantitative estimate of drug-likeness (QED) is 0.162. The summed E-state index contributed by atoms with van der Waals surface area (Å²) in [5.74, 6) is 0.959. The number of hydrogen-bond acceptors (Lipinski definition) is 12. The minimum atomic E-state index is -0.739. The van der Waals surface area contributed by atoms with Crippen LogP contribution in [-0.4, -0.2) is 69.3 Å². The van der Waals surface area contributed by atoms with Crippen LogP contribution in [0.4, 0.5) is 0 Å². The molecule has 250 valence electrons. The molecule has 0 unspecified atom stereocenters. The highest BCUT2D eigenvalue weighted by molar-refractivity contribution is 5.49. The number of phenolic OH excluding ortho intramolecular Hbond substituents is 4. The maximum Gasteiger partial charge on any atom is 0.163 e. The fourth-order valence-corrected chi connectivity index (χ4v) is 7.16. The summed E-state index contributed by atoms with van der Waals surface area (Å²) < 4.78 is 37.4. The lowest BCUT2D eigenvalue weighted by Gasteiger charge is -2.34. The predicted molar refractivity (Wildman–Crippen MR) is 167 cm³/mol. The van der Waals surface area contributed by atoms with Crippen LogP contribution in [0.1, 0.15) is 46.7 Å². The molecule has 0 aromatic heterocycles. The molecule has 0 bridgehead atoms. The first-order chi connectivity index (χ1) is 23.3. The lowest BCUT2D eigenvalue weighted by Crippen LogP contribution is -2.36. The molecule has 0 radical (unpaired) electrons. The Morgan fingerprint density at radius 1 is 0.438 bits per heavy atom. The smallest absolute Gasteiger partial charge is 0.163 e. The van der Waals surface area contributed by atoms with Crippen molar-refractivity contribution in [2.24, 2.45) is 11.8 Å². The molecule has 4 aliphatic heterocycles. The summed E-state index contributed by atoms with van der Waals surface area (Å²) in [5, 5.41) is 59.6. The number of hydrogen-bond donors (Lipinski definition) is 6.